The summed E-state index contributed by atoms with van der Waals surface area (Å²) in [5, 5.41) is 0. The fraction of sp³-hybridized carbons (Fsp3) is 0.600. The highest BCUT2D eigenvalue weighted by Gasteiger charge is 2.11. The average molecular weight is 228 g/mol. The van der Waals surface area contributed by atoms with E-state index in [9.17, 15) is 4.79 Å². The Kier molecular flexibility index (Phi) is 5.28. The Balaban J connectivity index is 2.46. The van der Waals surface area contributed by atoms with Gasteiger partial charge in [0.05, 0.1) is 19.2 Å². The summed E-state index contributed by atoms with van der Waals surface area (Å²) in [5.41, 5.74) is 1.80. The fourth-order valence-electron chi connectivity index (χ4n) is 1.32. The maximum Gasteiger partial charge on any atom is 0.319 e. The number of thiazole rings is 1. The SMILES string of the molecule is CCCN(CC(=O)OC)Cc1cncs1. The first-order chi connectivity index (χ1) is 7.26. The van der Waals surface area contributed by atoms with Gasteiger partial charge in [0.1, 0.15) is 0 Å². The molecule has 1 rings (SSSR count). The van der Waals surface area contributed by atoms with Crippen molar-refractivity contribution in [3.05, 3.63) is 16.6 Å². The quantitative estimate of drug-likeness (QED) is 0.692. The van der Waals surface area contributed by atoms with Crippen molar-refractivity contribution in [3.63, 3.8) is 0 Å². The summed E-state index contributed by atoms with van der Waals surface area (Å²) in [7, 11) is 1.42. The molecule has 0 N–H and O–H groups in total. The van der Waals surface area contributed by atoms with Crippen LogP contribution in [0.5, 0.6) is 0 Å². The minimum absolute atomic E-state index is 0.187. The number of esters is 1. The van der Waals surface area contributed by atoms with E-state index in [-0.39, 0.29) is 5.97 Å². The molecule has 84 valence electrons. The van der Waals surface area contributed by atoms with Crippen LogP contribution < -0.4 is 0 Å². The number of carbonyl (C=O) groups excluding carboxylic acids is 1. The van der Waals surface area contributed by atoms with Gasteiger partial charge in [-0.1, -0.05) is 6.92 Å². The highest BCUT2D eigenvalue weighted by molar-refractivity contribution is 7.09. The van der Waals surface area contributed by atoms with Crippen LogP contribution in [-0.2, 0) is 16.1 Å². The summed E-state index contributed by atoms with van der Waals surface area (Å²) in [6.45, 7) is 4.11. The molecule has 4 nitrogen and oxygen atoms in total. The molecule has 0 aliphatic heterocycles. The van der Waals surface area contributed by atoms with Gasteiger partial charge in [0.2, 0.25) is 0 Å². The highest BCUT2D eigenvalue weighted by Crippen LogP contribution is 2.09. The van der Waals surface area contributed by atoms with Gasteiger partial charge >= 0.3 is 5.97 Å². The minimum atomic E-state index is -0.187. The number of nitrogens with zero attached hydrogens (tertiary/aromatic N) is 2. The van der Waals surface area contributed by atoms with Crippen molar-refractivity contribution in [1.29, 1.82) is 0 Å². The van der Waals surface area contributed by atoms with Crippen LogP contribution in [0.1, 0.15) is 18.2 Å². The summed E-state index contributed by atoms with van der Waals surface area (Å²) >= 11 is 1.61. The Labute approximate surface area is 93.9 Å². The van der Waals surface area contributed by atoms with Crippen molar-refractivity contribution in [2.24, 2.45) is 0 Å². The van der Waals surface area contributed by atoms with E-state index >= 15 is 0 Å². The van der Waals surface area contributed by atoms with Crippen LogP contribution in [0.15, 0.2) is 11.7 Å². The normalized spacial score (nSPS) is 10.6. The van der Waals surface area contributed by atoms with Gasteiger partial charge in [-0.3, -0.25) is 14.7 Å². The third kappa shape index (κ3) is 4.40. The molecule has 0 unspecified atom stereocenters. The smallest absolute Gasteiger partial charge is 0.319 e. The molecule has 0 spiro atoms. The standard InChI is InChI=1S/C10H16N2O2S/c1-3-4-12(7-10(13)14-2)6-9-5-11-8-15-9/h5,8H,3-4,6-7H2,1-2H3. The van der Waals surface area contributed by atoms with Crippen LogP contribution >= 0.6 is 11.3 Å². The molecule has 0 saturated heterocycles. The summed E-state index contributed by atoms with van der Waals surface area (Å²) < 4.78 is 4.65. The third-order valence-electron chi connectivity index (χ3n) is 1.98. The Bertz CT molecular complexity index is 288. The Hall–Kier alpha value is -0.940. The molecule has 5 heteroatoms. The minimum Gasteiger partial charge on any atom is -0.468 e. The molecule has 1 heterocycles. The van der Waals surface area contributed by atoms with Crippen LogP contribution in [0.3, 0.4) is 0 Å². The van der Waals surface area contributed by atoms with E-state index in [4.69, 9.17) is 0 Å². The zero-order valence-corrected chi connectivity index (χ0v) is 9.92. The summed E-state index contributed by atoms with van der Waals surface area (Å²) in [6, 6.07) is 0. The number of hydrogen-bond acceptors (Lipinski definition) is 5. The van der Waals surface area contributed by atoms with Gasteiger partial charge in [-0.05, 0) is 13.0 Å². The van der Waals surface area contributed by atoms with E-state index in [1.54, 1.807) is 16.8 Å². The van der Waals surface area contributed by atoms with Crippen LogP contribution in [-0.4, -0.2) is 36.1 Å². The number of methoxy groups -OCH3 is 1. The lowest BCUT2D eigenvalue weighted by molar-refractivity contribution is -0.142. The van der Waals surface area contributed by atoms with E-state index in [0.717, 1.165) is 19.5 Å². The zero-order chi connectivity index (χ0) is 11.1. The predicted octanol–water partition coefficient (Wildman–Crippen LogP) is 1.53. The fourth-order valence-corrected chi connectivity index (χ4v) is 1.95. The molecule has 1 aromatic rings. The van der Waals surface area contributed by atoms with E-state index in [1.165, 1.54) is 12.0 Å². The van der Waals surface area contributed by atoms with Gasteiger partial charge in [-0.15, -0.1) is 11.3 Å². The largest absolute Gasteiger partial charge is 0.468 e. The van der Waals surface area contributed by atoms with Gasteiger partial charge in [-0.2, -0.15) is 0 Å². The molecule has 0 aromatic carbocycles. The summed E-state index contributed by atoms with van der Waals surface area (Å²) in [6.07, 6.45) is 2.86. The number of aromatic nitrogens is 1. The lowest BCUT2D eigenvalue weighted by Crippen LogP contribution is -2.30. The molecule has 0 radical (unpaired) electrons. The maximum absolute atomic E-state index is 11.1. The lowest BCUT2D eigenvalue weighted by Gasteiger charge is -2.18. The number of ether oxygens (including phenoxy) is 1. The van der Waals surface area contributed by atoms with Crippen molar-refractivity contribution < 1.29 is 9.53 Å². The van der Waals surface area contributed by atoms with E-state index in [0.29, 0.717) is 6.54 Å². The first-order valence-electron chi connectivity index (χ1n) is 4.92. The molecule has 0 bridgehead atoms. The van der Waals surface area contributed by atoms with E-state index in [1.807, 2.05) is 6.20 Å². The summed E-state index contributed by atoms with van der Waals surface area (Å²) in [4.78, 5) is 18.4. The molecule has 0 saturated carbocycles. The van der Waals surface area contributed by atoms with Gasteiger partial charge < -0.3 is 4.74 Å². The Morgan fingerprint density at radius 3 is 3.00 bits per heavy atom. The third-order valence-corrected chi connectivity index (χ3v) is 2.75. The molecular weight excluding hydrogens is 212 g/mol. The number of rotatable bonds is 6. The zero-order valence-electron chi connectivity index (χ0n) is 9.10. The second-order valence-corrected chi connectivity index (χ2v) is 4.23. The van der Waals surface area contributed by atoms with Crippen molar-refractivity contribution in [2.75, 3.05) is 20.2 Å². The van der Waals surface area contributed by atoms with Crippen molar-refractivity contribution in [2.45, 2.75) is 19.9 Å². The second kappa shape index (κ2) is 6.53. The van der Waals surface area contributed by atoms with E-state index < -0.39 is 0 Å². The lowest BCUT2D eigenvalue weighted by atomic mass is 10.3. The average Bonchev–Trinajstić information content (AvgIpc) is 2.70. The number of hydrogen-bond donors (Lipinski definition) is 0. The van der Waals surface area contributed by atoms with Gasteiger partial charge in [0, 0.05) is 17.6 Å². The van der Waals surface area contributed by atoms with Crippen LogP contribution in [0.4, 0.5) is 0 Å². The Morgan fingerprint density at radius 1 is 1.67 bits per heavy atom. The first-order valence-corrected chi connectivity index (χ1v) is 5.80. The van der Waals surface area contributed by atoms with Crippen LogP contribution in [0.2, 0.25) is 0 Å². The molecule has 15 heavy (non-hydrogen) atoms. The monoisotopic (exact) mass is 228 g/mol. The molecule has 0 fully saturated rings. The van der Waals surface area contributed by atoms with Crippen LogP contribution in [0.25, 0.3) is 0 Å². The molecule has 0 aliphatic rings. The van der Waals surface area contributed by atoms with Crippen LogP contribution in [0, 0.1) is 0 Å². The Morgan fingerprint density at radius 2 is 2.47 bits per heavy atom. The maximum atomic E-state index is 11.1. The van der Waals surface area contributed by atoms with Gasteiger partial charge in [0.15, 0.2) is 0 Å². The molecule has 0 atom stereocenters. The molecule has 0 amide bonds. The van der Waals surface area contributed by atoms with Crippen molar-refractivity contribution in [3.8, 4) is 0 Å². The second-order valence-electron chi connectivity index (χ2n) is 3.25. The molecule has 1 aromatic heterocycles. The predicted molar refractivity (Wildman–Crippen MR) is 59.7 cm³/mol. The van der Waals surface area contributed by atoms with Gasteiger partial charge in [-0.25, -0.2) is 0 Å². The van der Waals surface area contributed by atoms with E-state index in [2.05, 4.69) is 21.5 Å². The first kappa shape index (κ1) is 12.1. The molecule has 0 aliphatic carbocycles. The number of carbonyl (C=O) groups is 1. The molecular formula is C10H16N2O2S. The van der Waals surface area contributed by atoms with Crippen molar-refractivity contribution >= 4 is 17.3 Å². The topological polar surface area (TPSA) is 42.4 Å². The van der Waals surface area contributed by atoms with Gasteiger partial charge in [0.25, 0.3) is 0 Å². The van der Waals surface area contributed by atoms with Crippen molar-refractivity contribution in [1.82, 2.24) is 9.88 Å². The summed E-state index contributed by atoms with van der Waals surface area (Å²) in [5.74, 6) is -0.187. The highest BCUT2D eigenvalue weighted by atomic mass is 32.1.